The molecule has 4 aromatic rings. The molecular weight excluding hydrogens is 584 g/mol. The van der Waals surface area contributed by atoms with Crippen molar-refractivity contribution in [2.45, 2.75) is 55.6 Å². The van der Waals surface area contributed by atoms with Gasteiger partial charge in [0.15, 0.2) is 0 Å². The number of fused-ring (bicyclic) bond motifs is 1. The van der Waals surface area contributed by atoms with Crippen molar-refractivity contribution >= 4 is 51.6 Å². The third kappa shape index (κ3) is 7.35. The molecule has 1 aromatic heterocycles. The lowest BCUT2D eigenvalue weighted by molar-refractivity contribution is -0.115. The smallest absolute Gasteiger partial charge is 0.341 e. The van der Waals surface area contributed by atoms with Crippen LogP contribution in [0.3, 0.4) is 0 Å². The number of thiophene rings is 1. The molecule has 0 radical (unpaired) electrons. The van der Waals surface area contributed by atoms with E-state index in [0.717, 1.165) is 34.6 Å². The maximum absolute atomic E-state index is 13.6. The summed E-state index contributed by atoms with van der Waals surface area (Å²) < 4.78 is 18.6. The summed E-state index contributed by atoms with van der Waals surface area (Å²) in [4.78, 5) is 41.2. The SMILES string of the molecule is CCOC(=O)c1c(NC(=O)C(CC)Sc2cccc(NC(=O)c3ccc(F)cc3)c2)sc2c1CCC(c1ccccc1)C2. The lowest BCUT2D eigenvalue weighted by Gasteiger charge is -2.23. The fourth-order valence-corrected chi connectivity index (χ4v) is 7.57. The monoisotopic (exact) mass is 616 g/mol. The van der Waals surface area contributed by atoms with E-state index in [1.807, 2.05) is 37.3 Å². The predicted molar refractivity (Wildman–Crippen MR) is 171 cm³/mol. The predicted octanol–water partition coefficient (Wildman–Crippen LogP) is 8.10. The zero-order valence-corrected chi connectivity index (χ0v) is 25.7. The Kier molecular flexibility index (Phi) is 9.94. The first-order chi connectivity index (χ1) is 20.9. The summed E-state index contributed by atoms with van der Waals surface area (Å²) in [5.41, 5.74) is 3.65. The number of thioether (sulfide) groups is 1. The number of nitrogens with one attached hydrogen (secondary N) is 2. The second kappa shape index (κ2) is 14.0. The average Bonchev–Trinajstić information content (AvgIpc) is 3.38. The zero-order valence-electron chi connectivity index (χ0n) is 24.0. The Bertz CT molecular complexity index is 1600. The van der Waals surface area contributed by atoms with E-state index in [-0.39, 0.29) is 18.4 Å². The largest absolute Gasteiger partial charge is 0.462 e. The molecule has 0 saturated carbocycles. The van der Waals surface area contributed by atoms with Crippen molar-refractivity contribution in [1.82, 2.24) is 0 Å². The number of benzene rings is 3. The van der Waals surface area contributed by atoms with E-state index < -0.39 is 17.0 Å². The molecule has 9 heteroatoms. The molecule has 5 rings (SSSR count). The number of carbonyl (C=O) groups excluding carboxylic acids is 3. The molecule has 222 valence electrons. The van der Waals surface area contributed by atoms with E-state index in [1.165, 1.54) is 52.9 Å². The van der Waals surface area contributed by atoms with Crippen LogP contribution in [-0.2, 0) is 22.4 Å². The highest BCUT2D eigenvalue weighted by atomic mass is 32.2. The van der Waals surface area contributed by atoms with Gasteiger partial charge in [-0.1, -0.05) is 43.3 Å². The second-order valence-corrected chi connectivity index (χ2v) is 12.7. The average molecular weight is 617 g/mol. The topological polar surface area (TPSA) is 84.5 Å². The van der Waals surface area contributed by atoms with Crippen LogP contribution in [0.1, 0.15) is 69.3 Å². The number of rotatable bonds is 10. The molecule has 0 bridgehead atoms. The van der Waals surface area contributed by atoms with E-state index in [1.54, 1.807) is 19.1 Å². The van der Waals surface area contributed by atoms with Gasteiger partial charge in [0.25, 0.3) is 5.91 Å². The number of halogens is 1. The minimum Gasteiger partial charge on any atom is -0.462 e. The Hall–Kier alpha value is -3.95. The number of hydrogen-bond acceptors (Lipinski definition) is 6. The number of ether oxygens (including phenoxy) is 1. The maximum Gasteiger partial charge on any atom is 0.341 e. The van der Waals surface area contributed by atoms with Crippen molar-refractivity contribution in [2.75, 3.05) is 17.2 Å². The third-order valence-electron chi connectivity index (χ3n) is 7.39. The van der Waals surface area contributed by atoms with E-state index in [9.17, 15) is 18.8 Å². The molecule has 6 nitrogen and oxygen atoms in total. The van der Waals surface area contributed by atoms with Crippen LogP contribution in [0.2, 0.25) is 0 Å². The fraction of sp³-hybridized carbons (Fsp3) is 0.265. The molecule has 2 unspecified atom stereocenters. The first kappa shape index (κ1) is 30.5. The van der Waals surface area contributed by atoms with Crippen LogP contribution < -0.4 is 10.6 Å². The molecule has 2 N–H and O–H groups in total. The molecule has 3 aromatic carbocycles. The third-order valence-corrected chi connectivity index (χ3v) is 9.92. The molecule has 1 aliphatic carbocycles. The lowest BCUT2D eigenvalue weighted by atomic mass is 9.83. The van der Waals surface area contributed by atoms with Crippen LogP contribution in [0, 0.1) is 5.82 Å². The first-order valence-corrected chi connectivity index (χ1v) is 16.1. The zero-order chi connectivity index (χ0) is 30.3. The van der Waals surface area contributed by atoms with E-state index in [2.05, 4.69) is 22.8 Å². The number of esters is 1. The van der Waals surface area contributed by atoms with Crippen molar-refractivity contribution in [1.29, 1.82) is 0 Å². The summed E-state index contributed by atoms with van der Waals surface area (Å²) in [6.07, 6.45) is 3.04. The Labute approximate surface area is 259 Å². The van der Waals surface area contributed by atoms with Gasteiger partial charge in [0.05, 0.1) is 17.4 Å². The normalized spacial score (nSPS) is 14.8. The van der Waals surface area contributed by atoms with Crippen molar-refractivity contribution in [2.24, 2.45) is 0 Å². The highest BCUT2D eigenvalue weighted by molar-refractivity contribution is 8.00. The first-order valence-electron chi connectivity index (χ1n) is 14.4. The molecule has 0 spiro atoms. The summed E-state index contributed by atoms with van der Waals surface area (Å²) in [5, 5.41) is 6.00. The standard InChI is InChI=1S/C34H33FN2O4S2/c1-3-28(42-26-12-8-11-25(20-26)36-31(38)22-13-16-24(35)17-14-22)32(39)37-33-30(34(40)41-4-2)27-18-15-23(19-29(27)43-33)21-9-6-5-7-10-21/h5-14,16-17,20,23,28H,3-4,15,18-19H2,1-2H3,(H,36,38)(H,37,39). The van der Waals surface area contributed by atoms with E-state index >= 15 is 0 Å². The van der Waals surface area contributed by atoms with Crippen LogP contribution >= 0.6 is 23.1 Å². The number of carbonyl (C=O) groups is 3. The minimum atomic E-state index is -0.436. The Morgan fingerprint density at radius 3 is 2.49 bits per heavy atom. The summed E-state index contributed by atoms with van der Waals surface area (Å²) >= 11 is 2.86. The number of hydrogen-bond donors (Lipinski definition) is 2. The van der Waals surface area contributed by atoms with Crippen molar-refractivity contribution in [3.63, 3.8) is 0 Å². The Morgan fingerprint density at radius 2 is 1.77 bits per heavy atom. The van der Waals surface area contributed by atoms with Crippen molar-refractivity contribution in [3.05, 3.63) is 112 Å². The second-order valence-electron chi connectivity index (χ2n) is 10.3. The van der Waals surface area contributed by atoms with Crippen LogP contribution in [0.4, 0.5) is 15.1 Å². The molecule has 2 amide bonds. The van der Waals surface area contributed by atoms with Gasteiger partial charge in [-0.25, -0.2) is 9.18 Å². The highest BCUT2D eigenvalue weighted by Crippen LogP contribution is 2.43. The lowest BCUT2D eigenvalue weighted by Crippen LogP contribution is -2.25. The number of anilines is 2. The Morgan fingerprint density at radius 1 is 1.00 bits per heavy atom. The van der Waals surface area contributed by atoms with Crippen LogP contribution in [0.15, 0.2) is 83.8 Å². The fourth-order valence-electron chi connectivity index (χ4n) is 5.23. The van der Waals surface area contributed by atoms with Gasteiger partial charge in [-0.3, -0.25) is 9.59 Å². The summed E-state index contributed by atoms with van der Waals surface area (Å²) in [6.45, 7) is 3.97. The van der Waals surface area contributed by atoms with Gasteiger partial charge < -0.3 is 15.4 Å². The van der Waals surface area contributed by atoms with Crippen molar-refractivity contribution < 1.29 is 23.5 Å². The Balaban J connectivity index is 1.31. The molecule has 0 fully saturated rings. The molecule has 2 atom stereocenters. The summed E-state index contributed by atoms with van der Waals surface area (Å²) in [7, 11) is 0. The van der Waals surface area contributed by atoms with Gasteiger partial charge in [-0.2, -0.15) is 0 Å². The van der Waals surface area contributed by atoms with Gasteiger partial charge in [0.1, 0.15) is 10.8 Å². The van der Waals surface area contributed by atoms with Crippen LogP contribution in [-0.4, -0.2) is 29.6 Å². The van der Waals surface area contributed by atoms with Gasteiger partial charge in [0, 0.05) is 21.0 Å². The van der Waals surface area contributed by atoms with Gasteiger partial charge in [0.2, 0.25) is 5.91 Å². The quantitative estimate of drug-likeness (QED) is 0.139. The molecule has 1 aliphatic rings. The molecule has 0 aliphatic heterocycles. The van der Waals surface area contributed by atoms with Gasteiger partial charge >= 0.3 is 5.97 Å². The summed E-state index contributed by atoms with van der Waals surface area (Å²) in [6, 6.07) is 23.0. The maximum atomic E-state index is 13.6. The molecule has 43 heavy (non-hydrogen) atoms. The van der Waals surface area contributed by atoms with Gasteiger partial charge in [-0.05, 0) is 92.1 Å². The van der Waals surface area contributed by atoms with Crippen molar-refractivity contribution in [3.8, 4) is 0 Å². The minimum absolute atomic E-state index is 0.197. The molecular formula is C34H33FN2O4S2. The molecule has 0 saturated heterocycles. The van der Waals surface area contributed by atoms with Crippen LogP contribution in [0.5, 0.6) is 0 Å². The van der Waals surface area contributed by atoms with Gasteiger partial charge in [-0.15, -0.1) is 23.1 Å². The van der Waals surface area contributed by atoms with E-state index in [4.69, 9.17) is 4.74 Å². The van der Waals surface area contributed by atoms with Crippen LogP contribution in [0.25, 0.3) is 0 Å². The summed E-state index contributed by atoms with van der Waals surface area (Å²) in [5.74, 6) is -1.00. The van der Waals surface area contributed by atoms with E-state index in [0.29, 0.717) is 34.2 Å². The molecule has 1 heterocycles. The highest BCUT2D eigenvalue weighted by Gasteiger charge is 2.32. The number of amides is 2.